The molecule has 0 aliphatic carbocycles. The first-order valence-corrected chi connectivity index (χ1v) is 10.2. The molecule has 0 saturated heterocycles. The van der Waals surface area contributed by atoms with Crippen LogP contribution in [0.5, 0.6) is 0 Å². The number of para-hydroxylation sites is 1. The van der Waals surface area contributed by atoms with Crippen LogP contribution in [0.25, 0.3) is 31.8 Å². The summed E-state index contributed by atoms with van der Waals surface area (Å²) in [6.07, 6.45) is 0. The van der Waals surface area contributed by atoms with Gasteiger partial charge in [-0.3, -0.25) is 4.79 Å². The SMILES string of the molecule is Cc1ccc2nc(-c3ccc(NC(=O)c4oc5ccccc5c4C)cc3)sc2c1. The van der Waals surface area contributed by atoms with Gasteiger partial charge in [0.25, 0.3) is 5.91 Å². The maximum absolute atomic E-state index is 12.7. The van der Waals surface area contributed by atoms with E-state index >= 15 is 0 Å². The molecular formula is C24H18N2O2S. The third-order valence-electron chi connectivity index (χ3n) is 4.98. The Labute approximate surface area is 171 Å². The van der Waals surface area contributed by atoms with E-state index in [0.717, 1.165) is 38.3 Å². The van der Waals surface area contributed by atoms with Crippen LogP contribution in [-0.2, 0) is 0 Å². The molecule has 0 bridgehead atoms. The molecule has 0 atom stereocenters. The van der Waals surface area contributed by atoms with Crippen molar-refractivity contribution in [1.82, 2.24) is 4.98 Å². The third-order valence-corrected chi connectivity index (χ3v) is 6.05. The van der Waals surface area contributed by atoms with Gasteiger partial charge in [0, 0.05) is 22.2 Å². The molecule has 0 unspecified atom stereocenters. The second kappa shape index (κ2) is 6.87. The van der Waals surface area contributed by atoms with Crippen LogP contribution in [0.3, 0.4) is 0 Å². The Morgan fingerprint density at radius 3 is 2.59 bits per heavy atom. The Bertz CT molecular complexity index is 1360. The highest BCUT2D eigenvalue weighted by molar-refractivity contribution is 7.21. The summed E-state index contributed by atoms with van der Waals surface area (Å²) in [5.41, 5.74) is 5.55. The summed E-state index contributed by atoms with van der Waals surface area (Å²) in [6.45, 7) is 3.98. The number of nitrogens with one attached hydrogen (secondary N) is 1. The van der Waals surface area contributed by atoms with Crippen LogP contribution in [0.15, 0.2) is 71.1 Å². The van der Waals surface area contributed by atoms with Gasteiger partial charge in [0.05, 0.1) is 10.2 Å². The number of furan rings is 1. The number of fused-ring (bicyclic) bond motifs is 2. The zero-order valence-corrected chi connectivity index (χ0v) is 16.8. The molecule has 5 heteroatoms. The summed E-state index contributed by atoms with van der Waals surface area (Å²) in [5, 5.41) is 4.85. The molecule has 2 heterocycles. The van der Waals surface area contributed by atoms with Crippen LogP contribution < -0.4 is 5.32 Å². The number of nitrogens with zero attached hydrogens (tertiary/aromatic N) is 1. The first-order valence-electron chi connectivity index (χ1n) is 9.35. The summed E-state index contributed by atoms with van der Waals surface area (Å²) >= 11 is 1.67. The van der Waals surface area contributed by atoms with Gasteiger partial charge in [0.2, 0.25) is 0 Å². The number of hydrogen-bond donors (Lipinski definition) is 1. The molecule has 0 aliphatic heterocycles. The Hall–Kier alpha value is -3.44. The van der Waals surface area contributed by atoms with Gasteiger partial charge in [-0.05, 0) is 61.9 Å². The number of benzene rings is 3. The number of carbonyl (C=O) groups excluding carboxylic acids is 1. The Morgan fingerprint density at radius 1 is 1.00 bits per heavy atom. The monoisotopic (exact) mass is 398 g/mol. The van der Waals surface area contributed by atoms with Crippen molar-refractivity contribution >= 4 is 44.1 Å². The van der Waals surface area contributed by atoms with E-state index in [9.17, 15) is 4.79 Å². The summed E-state index contributed by atoms with van der Waals surface area (Å²) in [7, 11) is 0. The predicted octanol–water partition coefficient (Wildman–Crippen LogP) is 6.58. The van der Waals surface area contributed by atoms with Crippen molar-refractivity contribution < 1.29 is 9.21 Å². The molecule has 0 aliphatic rings. The number of amides is 1. The Kier molecular flexibility index (Phi) is 4.18. The lowest BCUT2D eigenvalue weighted by Crippen LogP contribution is -2.11. The number of aryl methyl sites for hydroxylation is 2. The number of rotatable bonds is 3. The minimum atomic E-state index is -0.248. The predicted molar refractivity (Wildman–Crippen MR) is 119 cm³/mol. The lowest BCUT2D eigenvalue weighted by atomic mass is 10.1. The van der Waals surface area contributed by atoms with E-state index < -0.39 is 0 Å². The minimum absolute atomic E-state index is 0.248. The van der Waals surface area contributed by atoms with Gasteiger partial charge in [-0.25, -0.2) is 4.98 Å². The van der Waals surface area contributed by atoms with E-state index in [0.29, 0.717) is 5.76 Å². The third kappa shape index (κ3) is 3.19. The van der Waals surface area contributed by atoms with E-state index in [4.69, 9.17) is 9.40 Å². The zero-order valence-electron chi connectivity index (χ0n) is 16.0. The van der Waals surface area contributed by atoms with Gasteiger partial charge in [0.15, 0.2) is 5.76 Å². The lowest BCUT2D eigenvalue weighted by molar-refractivity contribution is 0.0998. The normalized spacial score (nSPS) is 11.2. The van der Waals surface area contributed by atoms with Gasteiger partial charge in [0.1, 0.15) is 10.6 Å². The second-order valence-corrected chi connectivity index (χ2v) is 8.10. The Balaban J connectivity index is 1.39. The van der Waals surface area contributed by atoms with Gasteiger partial charge >= 0.3 is 0 Å². The molecule has 2 aromatic heterocycles. The van der Waals surface area contributed by atoms with Gasteiger partial charge in [-0.15, -0.1) is 11.3 Å². The highest BCUT2D eigenvalue weighted by Gasteiger charge is 2.17. The fraction of sp³-hybridized carbons (Fsp3) is 0.0833. The van der Waals surface area contributed by atoms with Crippen molar-refractivity contribution in [3.05, 3.63) is 83.6 Å². The van der Waals surface area contributed by atoms with Crippen molar-refractivity contribution in [2.45, 2.75) is 13.8 Å². The van der Waals surface area contributed by atoms with Crippen LogP contribution in [-0.4, -0.2) is 10.9 Å². The second-order valence-electron chi connectivity index (χ2n) is 7.07. The van der Waals surface area contributed by atoms with Gasteiger partial charge in [-0.2, -0.15) is 0 Å². The van der Waals surface area contributed by atoms with Crippen molar-refractivity contribution in [3.8, 4) is 10.6 Å². The summed E-state index contributed by atoms with van der Waals surface area (Å²) in [5.74, 6) is 0.0960. The first-order chi connectivity index (χ1) is 14.1. The Morgan fingerprint density at radius 2 is 1.79 bits per heavy atom. The zero-order chi connectivity index (χ0) is 20.0. The van der Waals surface area contributed by atoms with Crippen molar-refractivity contribution in [1.29, 1.82) is 0 Å². The molecule has 1 amide bonds. The lowest BCUT2D eigenvalue weighted by Gasteiger charge is -2.05. The van der Waals surface area contributed by atoms with Crippen LogP contribution in [0.1, 0.15) is 21.7 Å². The van der Waals surface area contributed by atoms with Crippen LogP contribution in [0.4, 0.5) is 5.69 Å². The smallest absolute Gasteiger partial charge is 0.291 e. The van der Waals surface area contributed by atoms with E-state index in [-0.39, 0.29) is 5.91 Å². The summed E-state index contributed by atoms with van der Waals surface area (Å²) in [6, 6.07) is 21.7. The molecule has 0 fully saturated rings. The fourth-order valence-corrected chi connectivity index (χ4v) is 4.50. The number of anilines is 1. The molecule has 3 aromatic carbocycles. The van der Waals surface area contributed by atoms with E-state index in [1.165, 1.54) is 10.3 Å². The topological polar surface area (TPSA) is 55.1 Å². The molecule has 4 nitrogen and oxygen atoms in total. The van der Waals surface area contributed by atoms with Crippen molar-refractivity contribution in [2.24, 2.45) is 0 Å². The average Bonchev–Trinajstić information content (AvgIpc) is 3.30. The minimum Gasteiger partial charge on any atom is -0.451 e. The van der Waals surface area contributed by atoms with Gasteiger partial charge in [-0.1, -0.05) is 24.3 Å². The quantitative estimate of drug-likeness (QED) is 0.373. The van der Waals surface area contributed by atoms with E-state index in [2.05, 4.69) is 30.4 Å². The van der Waals surface area contributed by atoms with Crippen molar-refractivity contribution in [2.75, 3.05) is 5.32 Å². The van der Waals surface area contributed by atoms with Crippen molar-refractivity contribution in [3.63, 3.8) is 0 Å². The van der Waals surface area contributed by atoms with E-state index in [1.807, 2.05) is 55.5 Å². The molecule has 0 radical (unpaired) electrons. The molecule has 29 heavy (non-hydrogen) atoms. The average molecular weight is 398 g/mol. The molecule has 1 N–H and O–H groups in total. The molecule has 5 rings (SSSR count). The number of thiazole rings is 1. The summed E-state index contributed by atoms with van der Waals surface area (Å²) < 4.78 is 6.93. The van der Waals surface area contributed by atoms with E-state index in [1.54, 1.807) is 11.3 Å². The maximum Gasteiger partial charge on any atom is 0.291 e. The van der Waals surface area contributed by atoms with Crippen LogP contribution >= 0.6 is 11.3 Å². The maximum atomic E-state index is 12.7. The highest BCUT2D eigenvalue weighted by atomic mass is 32.1. The highest BCUT2D eigenvalue weighted by Crippen LogP contribution is 2.31. The van der Waals surface area contributed by atoms with Crippen LogP contribution in [0.2, 0.25) is 0 Å². The fourth-order valence-electron chi connectivity index (χ4n) is 3.43. The standard InChI is InChI=1S/C24H18N2O2S/c1-14-7-12-19-21(13-14)29-24(26-19)16-8-10-17(11-9-16)25-23(27)22-15(2)18-5-3-4-6-20(18)28-22/h3-13H,1-2H3,(H,25,27). The molecule has 0 saturated carbocycles. The van der Waals surface area contributed by atoms with Crippen LogP contribution in [0, 0.1) is 13.8 Å². The molecule has 5 aromatic rings. The number of hydrogen-bond acceptors (Lipinski definition) is 4. The van der Waals surface area contributed by atoms with Gasteiger partial charge < -0.3 is 9.73 Å². The molecular weight excluding hydrogens is 380 g/mol. The molecule has 142 valence electrons. The largest absolute Gasteiger partial charge is 0.451 e. The number of carbonyl (C=O) groups is 1. The first kappa shape index (κ1) is 17.6. The molecule has 0 spiro atoms. The number of aromatic nitrogens is 1. The summed E-state index contributed by atoms with van der Waals surface area (Å²) in [4.78, 5) is 17.4.